The summed E-state index contributed by atoms with van der Waals surface area (Å²) in [5.41, 5.74) is 1.29. The number of carbonyl (C=O) groups excluding carboxylic acids is 1. The molecule has 1 aliphatic heterocycles. The van der Waals surface area contributed by atoms with E-state index in [4.69, 9.17) is 0 Å². The summed E-state index contributed by atoms with van der Waals surface area (Å²) in [4.78, 5) is 14.8. The first-order valence-electron chi connectivity index (χ1n) is 8.51. The van der Waals surface area contributed by atoms with Crippen LogP contribution in [0, 0.1) is 0 Å². The molecule has 21 heavy (non-hydrogen) atoms. The summed E-state index contributed by atoms with van der Waals surface area (Å²) in [7, 11) is 0. The minimum atomic E-state index is 0.146. The second kappa shape index (κ2) is 6.54. The van der Waals surface area contributed by atoms with E-state index in [2.05, 4.69) is 40.0 Å². The smallest absolute Gasteiger partial charge is 0.318 e. The van der Waals surface area contributed by atoms with Crippen molar-refractivity contribution >= 4 is 6.03 Å². The summed E-state index contributed by atoms with van der Waals surface area (Å²) >= 11 is 0. The predicted octanol–water partition coefficient (Wildman–Crippen LogP) is 3.69. The van der Waals surface area contributed by atoms with E-state index < -0.39 is 0 Å². The highest BCUT2D eigenvalue weighted by Crippen LogP contribution is 2.30. The summed E-state index contributed by atoms with van der Waals surface area (Å²) in [6, 6.07) is 5.04. The van der Waals surface area contributed by atoms with E-state index in [-0.39, 0.29) is 12.1 Å². The maximum absolute atomic E-state index is 12.7. The molecule has 0 bridgehead atoms. The minimum absolute atomic E-state index is 0.146. The van der Waals surface area contributed by atoms with Crippen LogP contribution in [0.1, 0.15) is 63.6 Å². The largest absolute Gasteiger partial charge is 0.348 e. The number of hydrogen-bond acceptors (Lipinski definition) is 1. The van der Waals surface area contributed by atoms with E-state index in [1.807, 2.05) is 0 Å². The number of rotatable bonds is 3. The summed E-state index contributed by atoms with van der Waals surface area (Å²) in [5.74, 6) is 0. The molecular formula is C17H27N3O. The van der Waals surface area contributed by atoms with Crippen molar-refractivity contribution in [2.75, 3.05) is 6.54 Å². The minimum Gasteiger partial charge on any atom is -0.348 e. The zero-order valence-corrected chi connectivity index (χ0v) is 13.1. The average Bonchev–Trinajstić information content (AvgIpc) is 2.97. The molecule has 4 heteroatoms. The molecule has 2 amide bonds. The van der Waals surface area contributed by atoms with Gasteiger partial charge in [-0.3, -0.25) is 0 Å². The zero-order chi connectivity index (χ0) is 14.7. The summed E-state index contributed by atoms with van der Waals surface area (Å²) in [6.07, 6.45) is 10.4. The SMILES string of the molecule is CCC[C@@H]1c2cccn2CCN1C(=O)NC1CCCCC1. The van der Waals surface area contributed by atoms with Gasteiger partial charge in [-0.2, -0.15) is 0 Å². The van der Waals surface area contributed by atoms with Crippen LogP contribution in [0.2, 0.25) is 0 Å². The Morgan fingerprint density at radius 2 is 2.10 bits per heavy atom. The van der Waals surface area contributed by atoms with Crippen LogP contribution in [-0.4, -0.2) is 28.1 Å². The second-order valence-electron chi connectivity index (χ2n) is 6.41. The average molecular weight is 289 g/mol. The number of nitrogens with one attached hydrogen (secondary N) is 1. The Balaban J connectivity index is 1.69. The van der Waals surface area contributed by atoms with Crippen LogP contribution in [-0.2, 0) is 6.54 Å². The first-order chi connectivity index (χ1) is 10.3. The number of carbonyl (C=O) groups is 1. The molecule has 2 heterocycles. The Kier molecular flexibility index (Phi) is 4.51. The summed E-state index contributed by atoms with van der Waals surface area (Å²) in [6.45, 7) is 3.94. The van der Waals surface area contributed by atoms with Crippen LogP contribution in [0.3, 0.4) is 0 Å². The van der Waals surface area contributed by atoms with Crippen molar-refractivity contribution in [2.45, 2.75) is 70.5 Å². The van der Waals surface area contributed by atoms with Crippen molar-refractivity contribution in [1.29, 1.82) is 0 Å². The van der Waals surface area contributed by atoms with Gasteiger partial charge in [-0.15, -0.1) is 0 Å². The Morgan fingerprint density at radius 1 is 1.29 bits per heavy atom. The normalized spacial score (nSPS) is 22.9. The van der Waals surface area contributed by atoms with Gasteiger partial charge in [0.05, 0.1) is 6.04 Å². The fourth-order valence-corrected chi connectivity index (χ4v) is 3.79. The number of amides is 2. The number of aromatic nitrogens is 1. The van der Waals surface area contributed by atoms with Crippen LogP contribution in [0.15, 0.2) is 18.3 Å². The molecule has 1 N–H and O–H groups in total. The first kappa shape index (κ1) is 14.5. The third-order valence-electron chi connectivity index (χ3n) is 4.92. The van der Waals surface area contributed by atoms with E-state index in [9.17, 15) is 4.79 Å². The van der Waals surface area contributed by atoms with E-state index >= 15 is 0 Å². The molecule has 0 spiro atoms. The monoisotopic (exact) mass is 289 g/mol. The van der Waals surface area contributed by atoms with E-state index in [0.29, 0.717) is 6.04 Å². The van der Waals surface area contributed by atoms with Gasteiger partial charge in [0.2, 0.25) is 0 Å². The van der Waals surface area contributed by atoms with Gasteiger partial charge in [-0.25, -0.2) is 4.79 Å². The Hall–Kier alpha value is -1.45. The molecule has 3 rings (SSSR count). The Labute approximate surface area is 127 Å². The second-order valence-corrected chi connectivity index (χ2v) is 6.41. The van der Waals surface area contributed by atoms with Gasteiger partial charge in [0.1, 0.15) is 0 Å². The number of nitrogens with zero attached hydrogens (tertiary/aromatic N) is 2. The van der Waals surface area contributed by atoms with Gasteiger partial charge >= 0.3 is 6.03 Å². The molecular weight excluding hydrogens is 262 g/mol. The molecule has 0 saturated heterocycles. The first-order valence-corrected chi connectivity index (χ1v) is 8.51. The molecule has 1 aromatic rings. The highest BCUT2D eigenvalue weighted by Gasteiger charge is 2.31. The fourth-order valence-electron chi connectivity index (χ4n) is 3.79. The molecule has 2 aliphatic rings. The van der Waals surface area contributed by atoms with Gasteiger partial charge < -0.3 is 14.8 Å². The van der Waals surface area contributed by atoms with Crippen LogP contribution in [0.4, 0.5) is 4.79 Å². The third-order valence-corrected chi connectivity index (χ3v) is 4.92. The maximum Gasteiger partial charge on any atom is 0.318 e. The van der Waals surface area contributed by atoms with Crippen molar-refractivity contribution in [2.24, 2.45) is 0 Å². The zero-order valence-electron chi connectivity index (χ0n) is 13.1. The van der Waals surface area contributed by atoms with Crippen molar-refractivity contribution in [3.8, 4) is 0 Å². The van der Waals surface area contributed by atoms with E-state index in [0.717, 1.165) is 38.8 Å². The van der Waals surface area contributed by atoms with Gasteiger partial charge in [0.15, 0.2) is 0 Å². The Bertz CT molecular complexity index is 476. The van der Waals surface area contributed by atoms with Crippen molar-refractivity contribution in [3.05, 3.63) is 24.0 Å². The van der Waals surface area contributed by atoms with Crippen LogP contribution in [0.25, 0.3) is 0 Å². The number of fused-ring (bicyclic) bond motifs is 1. The van der Waals surface area contributed by atoms with Gasteiger partial charge in [0.25, 0.3) is 0 Å². The highest BCUT2D eigenvalue weighted by atomic mass is 16.2. The molecule has 0 radical (unpaired) electrons. The van der Waals surface area contributed by atoms with Crippen molar-refractivity contribution in [3.63, 3.8) is 0 Å². The molecule has 1 aliphatic carbocycles. The molecule has 1 fully saturated rings. The quantitative estimate of drug-likeness (QED) is 0.905. The summed E-state index contributed by atoms with van der Waals surface area (Å²) in [5, 5.41) is 3.28. The molecule has 4 nitrogen and oxygen atoms in total. The molecule has 0 unspecified atom stereocenters. The lowest BCUT2D eigenvalue weighted by atomic mass is 9.95. The van der Waals surface area contributed by atoms with E-state index in [1.165, 1.54) is 25.0 Å². The number of urea groups is 1. The lowest BCUT2D eigenvalue weighted by molar-refractivity contribution is 0.145. The van der Waals surface area contributed by atoms with Crippen molar-refractivity contribution in [1.82, 2.24) is 14.8 Å². The third kappa shape index (κ3) is 3.09. The van der Waals surface area contributed by atoms with Crippen LogP contribution >= 0.6 is 0 Å². The maximum atomic E-state index is 12.7. The standard InChI is InChI=1S/C17H27N3O/c1-2-7-16-15-10-6-11-19(15)12-13-20(16)17(21)18-14-8-4-3-5-9-14/h6,10-11,14,16H,2-5,7-9,12-13H2,1H3,(H,18,21)/t16-/m1/s1. The van der Waals surface area contributed by atoms with Crippen molar-refractivity contribution < 1.29 is 4.79 Å². The summed E-state index contributed by atoms with van der Waals surface area (Å²) < 4.78 is 2.30. The van der Waals surface area contributed by atoms with Gasteiger partial charge in [0, 0.05) is 31.0 Å². The van der Waals surface area contributed by atoms with Crippen LogP contribution < -0.4 is 5.32 Å². The lowest BCUT2D eigenvalue weighted by Crippen LogP contribution is -2.50. The van der Waals surface area contributed by atoms with Gasteiger partial charge in [-0.1, -0.05) is 32.6 Å². The lowest BCUT2D eigenvalue weighted by Gasteiger charge is -2.38. The number of hydrogen-bond donors (Lipinski definition) is 1. The molecule has 1 aromatic heterocycles. The molecule has 116 valence electrons. The predicted molar refractivity (Wildman–Crippen MR) is 84.2 cm³/mol. The topological polar surface area (TPSA) is 37.3 Å². The molecule has 1 atom stereocenters. The molecule has 0 aromatic carbocycles. The van der Waals surface area contributed by atoms with Crippen LogP contribution in [0.5, 0.6) is 0 Å². The van der Waals surface area contributed by atoms with Gasteiger partial charge in [-0.05, 0) is 31.4 Å². The fraction of sp³-hybridized carbons (Fsp3) is 0.706. The van der Waals surface area contributed by atoms with E-state index in [1.54, 1.807) is 0 Å². The Morgan fingerprint density at radius 3 is 2.86 bits per heavy atom. The highest BCUT2D eigenvalue weighted by molar-refractivity contribution is 5.75. The molecule has 1 saturated carbocycles.